The summed E-state index contributed by atoms with van der Waals surface area (Å²) in [6.07, 6.45) is 4.39. The number of hydrogen-bond acceptors (Lipinski definition) is 4. The first-order valence-electron chi connectivity index (χ1n) is 9.29. The van der Waals surface area contributed by atoms with Crippen LogP contribution in [0.25, 0.3) is 22.3 Å². The van der Waals surface area contributed by atoms with Crippen LogP contribution >= 0.6 is 0 Å². The summed E-state index contributed by atoms with van der Waals surface area (Å²) in [6, 6.07) is 10.6. The number of rotatable bonds is 2. The van der Waals surface area contributed by atoms with Gasteiger partial charge in [0.2, 0.25) is 0 Å². The fourth-order valence-electron chi connectivity index (χ4n) is 4.36. The summed E-state index contributed by atoms with van der Waals surface area (Å²) >= 11 is 0. The summed E-state index contributed by atoms with van der Waals surface area (Å²) in [7, 11) is 0. The Labute approximate surface area is 155 Å². The lowest BCUT2D eigenvalue weighted by atomic mass is 10.0. The number of para-hydroxylation sites is 1. The molecule has 3 aromatic rings. The van der Waals surface area contributed by atoms with Gasteiger partial charge in [-0.05, 0) is 36.6 Å². The SMILES string of the molecule is O=C1c2cccc(-c3nc4c(O)cccc4[nH]c3=O)c2CN1C1CCCC1. The number of aromatic amines is 1. The van der Waals surface area contributed by atoms with Crippen LogP contribution in [0.1, 0.15) is 41.6 Å². The fourth-order valence-corrected chi connectivity index (χ4v) is 4.36. The van der Waals surface area contributed by atoms with Gasteiger partial charge in [0.05, 0.1) is 5.52 Å². The number of benzene rings is 2. The van der Waals surface area contributed by atoms with E-state index in [9.17, 15) is 14.7 Å². The number of H-pyrrole nitrogens is 1. The molecule has 1 aliphatic heterocycles. The Bertz CT molecular complexity index is 1130. The minimum absolute atomic E-state index is 0.0150. The van der Waals surface area contributed by atoms with Crippen molar-refractivity contribution in [1.82, 2.24) is 14.9 Å². The van der Waals surface area contributed by atoms with E-state index >= 15 is 0 Å². The van der Waals surface area contributed by atoms with Gasteiger partial charge in [0.15, 0.2) is 0 Å². The molecule has 0 radical (unpaired) electrons. The Kier molecular flexibility index (Phi) is 3.53. The first-order chi connectivity index (χ1) is 13.1. The minimum atomic E-state index is -0.326. The lowest BCUT2D eigenvalue weighted by Crippen LogP contribution is -2.33. The second-order valence-electron chi connectivity index (χ2n) is 7.29. The molecule has 1 saturated carbocycles. The Morgan fingerprint density at radius 2 is 1.78 bits per heavy atom. The van der Waals surface area contributed by atoms with Crippen LogP contribution in [0, 0.1) is 0 Å². The molecule has 0 unspecified atom stereocenters. The van der Waals surface area contributed by atoms with E-state index in [1.807, 2.05) is 17.0 Å². The molecule has 0 bridgehead atoms. The van der Waals surface area contributed by atoms with E-state index in [1.165, 1.54) is 6.07 Å². The highest BCUT2D eigenvalue weighted by Gasteiger charge is 2.35. The Hall–Kier alpha value is -3.15. The molecule has 2 aliphatic rings. The van der Waals surface area contributed by atoms with Gasteiger partial charge in [0.25, 0.3) is 11.5 Å². The minimum Gasteiger partial charge on any atom is -0.506 e. The van der Waals surface area contributed by atoms with Crippen molar-refractivity contribution in [3.8, 4) is 17.0 Å². The summed E-state index contributed by atoms with van der Waals surface area (Å²) in [5.41, 5.74) is 2.91. The van der Waals surface area contributed by atoms with Gasteiger partial charge in [-0.25, -0.2) is 4.98 Å². The molecule has 1 aromatic heterocycles. The summed E-state index contributed by atoms with van der Waals surface area (Å²) in [5, 5.41) is 10.1. The maximum Gasteiger partial charge on any atom is 0.274 e. The van der Waals surface area contributed by atoms with Gasteiger partial charge >= 0.3 is 0 Å². The average Bonchev–Trinajstić information content (AvgIpc) is 3.30. The lowest BCUT2D eigenvalue weighted by Gasteiger charge is -2.23. The van der Waals surface area contributed by atoms with Gasteiger partial charge in [0.1, 0.15) is 17.0 Å². The van der Waals surface area contributed by atoms with Crippen LogP contribution < -0.4 is 5.56 Å². The highest BCUT2D eigenvalue weighted by molar-refractivity contribution is 6.00. The van der Waals surface area contributed by atoms with E-state index in [0.29, 0.717) is 28.7 Å². The molecule has 6 heteroatoms. The highest BCUT2D eigenvalue weighted by Crippen LogP contribution is 2.36. The van der Waals surface area contributed by atoms with Crippen molar-refractivity contribution >= 4 is 16.9 Å². The van der Waals surface area contributed by atoms with Gasteiger partial charge in [-0.1, -0.05) is 31.0 Å². The third-order valence-corrected chi connectivity index (χ3v) is 5.72. The van der Waals surface area contributed by atoms with E-state index in [4.69, 9.17) is 0 Å². The van der Waals surface area contributed by atoms with Crippen LogP contribution in [0.3, 0.4) is 0 Å². The molecule has 6 nitrogen and oxygen atoms in total. The van der Waals surface area contributed by atoms with Gasteiger partial charge in [-0.3, -0.25) is 9.59 Å². The van der Waals surface area contributed by atoms with Gasteiger partial charge in [-0.2, -0.15) is 0 Å². The molecule has 1 aliphatic carbocycles. The predicted octanol–water partition coefficient (Wildman–Crippen LogP) is 3.19. The van der Waals surface area contributed by atoms with Crippen molar-refractivity contribution in [2.24, 2.45) is 0 Å². The third-order valence-electron chi connectivity index (χ3n) is 5.72. The van der Waals surface area contributed by atoms with Crippen LogP contribution in [0.5, 0.6) is 5.75 Å². The maximum absolute atomic E-state index is 12.9. The van der Waals surface area contributed by atoms with Crippen LogP contribution in [0.4, 0.5) is 0 Å². The normalized spacial score (nSPS) is 17.0. The molecule has 1 amide bonds. The van der Waals surface area contributed by atoms with Crippen LogP contribution in [0.2, 0.25) is 0 Å². The van der Waals surface area contributed by atoms with E-state index in [2.05, 4.69) is 9.97 Å². The Morgan fingerprint density at radius 3 is 2.59 bits per heavy atom. The van der Waals surface area contributed by atoms with Crippen molar-refractivity contribution in [1.29, 1.82) is 0 Å². The summed E-state index contributed by atoms with van der Waals surface area (Å²) in [6.45, 7) is 0.509. The smallest absolute Gasteiger partial charge is 0.274 e. The third kappa shape index (κ3) is 2.44. The number of phenols is 1. The number of nitrogens with zero attached hydrogens (tertiary/aromatic N) is 2. The number of hydrogen-bond donors (Lipinski definition) is 2. The lowest BCUT2D eigenvalue weighted by molar-refractivity contribution is 0.0707. The number of amides is 1. The largest absolute Gasteiger partial charge is 0.506 e. The zero-order chi connectivity index (χ0) is 18.5. The van der Waals surface area contributed by atoms with Crippen molar-refractivity contribution < 1.29 is 9.90 Å². The molecule has 2 N–H and O–H groups in total. The van der Waals surface area contributed by atoms with Crippen molar-refractivity contribution in [2.75, 3.05) is 0 Å². The summed E-state index contributed by atoms with van der Waals surface area (Å²) in [4.78, 5) is 34.7. The Morgan fingerprint density at radius 1 is 1.04 bits per heavy atom. The molecule has 0 spiro atoms. The van der Waals surface area contributed by atoms with Gasteiger partial charge in [-0.15, -0.1) is 0 Å². The average molecular weight is 361 g/mol. The molecular weight excluding hydrogens is 342 g/mol. The standard InChI is InChI=1S/C21H19N3O3/c25-17-10-4-9-16-19(17)23-18(20(26)22-16)13-7-3-8-14-15(13)11-24(21(14)27)12-5-1-2-6-12/h3-4,7-10,12,25H,1-2,5-6,11H2,(H,22,26). The number of fused-ring (bicyclic) bond motifs is 2. The van der Waals surface area contributed by atoms with Crippen molar-refractivity contribution in [3.63, 3.8) is 0 Å². The van der Waals surface area contributed by atoms with Gasteiger partial charge in [0, 0.05) is 23.7 Å². The molecule has 27 heavy (non-hydrogen) atoms. The quantitative estimate of drug-likeness (QED) is 0.734. The number of carbonyl (C=O) groups excluding carboxylic acids is 1. The molecule has 136 valence electrons. The zero-order valence-corrected chi connectivity index (χ0v) is 14.7. The zero-order valence-electron chi connectivity index (χ0n) is 14.7. The molecule has 2 aromatic carbocycles. The monoisotopic (exact) mass is 361 g/mol. The van der Waals surface area contributed by atoms with Crippen molar-refractivity contribution in [3.05, 3.63) is 57.9 Å². The highest BCUT2D eigenvalue weighted by atomic mass is 16.3. The van der Waals surface area contributed by atoms with Crippen molar-refractivity contribution in [2.45, 2.75) is 38.3 Å². The second kappa shape index (κ2) is 5.94. The Balaban J connectivity index is 1.66. The molecule has 2 heterocycles. The molecule has 0 atom stereocenters. The summed E-state index contributed by atoms with van der Waals surface area (Å²) in [5.74, 6) is 0.0556. The first-order valence-corrected chi connectivity index (χ1v) is 9.29. The van der Waals surface area contributed by atoms with Gasteiger partial charge < -0.3 is 15.0 Å². The fraction of sp³-hybridized carbons (Fsp3) is 0.286. The maximum atomic E-state index is 12.9. The topological polar surface area (TPSA) is 86.3 Å². The molecule has 0 saturated heterocycles. The predicted molar refractivity (Wildman–Crippen MR) is 102 cm³/mol. The molecular formula is C21H19N3O3. The molecule has 1 fully saturated rings. The number of phenolic OH excluding ortho intramolecular Hbond substituents is 1. The summed E-state index contributed by atoms with van der Waals surface area (Å²) < 4.78 is 0. The van der Waals surface area contributed by atoms with E-state index < -0.39 is 0 Å². The van der Waals surface area contributed by atoms with E-state index in [0.717, 1.165) is 31.2 Å². The number of aromatic hydroxyl groups is 1. The molecule has 5 rings (SSSR count). The number of carbonyl (C=O) groups is 1. The van der Waals surface area contributed by atoms with E-state index in [1.54, 1.807) is 18.2 Å². The number of nitrogens with one attached hydrogen (secondary N) is 1. The van der Waals surface area contributed by atoms with Crippen LogP contribution in [-0.4, -0.2) is 31.9 Å². The van der Waals surface area contributed by atoms with Crippen LogP contribution in [-0.2, 0) is 6.54 Å². The van der Waals surface area contributed by atoms with E-state index in [-0.39, 0.29) is 29.0 Å². The van der Waals surface area contributed by atoms with Crippen LogP contribution in [0.15, 0.2) is 41.2 Å². The second-order valence-corrected chi connectivity index (χ2v) is 7.29. The first kappa shape index (κ1) is 16.1. The number of aromatic nitrogens is 2.